The topological polar surface area (TPSA) is 192 Å². The highest BCUT2D eigenvalue weighted by Gasteiger charge is 2.54. The molecule has 0 radical (unpaired) electrons. The second-order valence-corrected chi connectivity index (χ2v) is 21.5. The fourth-order valence-corrected chi connectivity index (χ4v) is 12.0. The van der Waals surface area contributed by atoms with Gasteiger partial charge in [-0.15, -0.1) is 0 Å². The first-order valence-electron chi connectivity index (χ1n) is 19.2. The summed E-state index contributed by atoms with van der Waals surface area (Å²) in [6.07, 6.45) is 13.8. The highest BCUT2D eigenvalue weighted by Crippen LogP contribution is 2.56. The molecule has 0 aromatic heterocycles. The molecule has 0 spiro atoms. The maximum atomic E-state index is 15.7. The van der Waals surface area contributed by atoms with Crippen molar-refractivity contribution in [3.05, 3.63) is 99.7 Å². The zero-order valence-electron chi connectivity index (χ0n) is 33.4. The van der Waals surface area contributed by atoms with E-state index in [1.54, 1.807) is 62.4 Å². The lowest BCUT2D eigenvalue weighted by atomic mass is 9.69. The molecular weight excluding hydrogens is 1180 g/mol. The number of hydrogen-bond acceptors (Lipinski definition) is 8. The van der Waals surface area contributed by atoms with Gasteiger partial charge in [0, 0.05) is 63.8 Å². The van der Waals surface area contributed by atoms with E-state index in [-0.39, 0.29) is 37.1 Å². The lowest BCUT2D eigenvalue weighted by Gasteiger charge is -2.35. The number of aliphatic carboxylic acids is 2. The van der Waals surface area contributed by atoms with Gasteiger partial charge in [-0.25, -0.2) is 21.6 Å². The summed E-state index contributed by atoms with van der Waals surface area (Å²) in [6.45, 7) is 5.19. The Morgan fingerprint density at radius 2 is 1.56 bits per heavy atom. The van der Waals surface area contributed by atoms with Gasteiger partial charge < -0.3 is 19.7 Å². The first kappa shape index (κ1) is 51.2. The van der Waals surface area contributed by atoms with E-state index in [1.807, 2.05) is 6.92 Å². The van der Waals surface area contributed by atoms with Crippen LogP contribution in [0.15, 0.2) is 60.4 Å². The molecule has 2 aromatic rings. The Labute approximate surface area is 395 Å². The van der Waals surface area contributed by atoms with Crippen LogP contribution in [-0.2, 0) is 40.7 Å². The molecule has 61 heavy (non-hydrogen) atoms. The summed E-state index contributed by atoms with van der Waals surface area (Å²) in [5.41, 5.74) is -0.912. The summed E-state index contributed by atoms with van der Waals surface area (Å²) >= 11 is 6.44. The minimum absolute atomic E-state index is 0.0319. The molecule has 3 atom stereocenters. The zero-order valence-corrected chi connectivity index (χ0v) is 41.5. The average Bonchev–Trinajstić information content (AvgIpc) is 3.50. The number of hydrogen-bond donors (Lipinski definition) is 3. The third-order valence-electron chi connectivity index (χ3n) is 11.0. The largest absolute Gasteiger partial charge is 0.748 e. The summed E-state index contributed by atoms with van der Waals surface area (Å²) in [7, 11) is -9.25. The molecule has 0 saturated carbocycles. The van der Waals surface area contributed by atoms with Crippen molar-refractivity contribution in [3.63, 3.8) is 0 Å². The Hall–Kier alpha value is -2.39. The summed E-state index contributed by atoms with van der Waals surface area (Å²) in [6, 6.07) is 2.60. The van der Waals surface area contributed by atoms with E-state index < -0.39 is 78.0 Å². The zero-order chi connectivity index (χ0) is 45.7. The molecule has 4 rings (SSSR count). The number of carbonyl (C=O) groups is 2. The maximum Gasteiger partial charge on any atom is 0.307 e. The number of benzene rings is 2. The Morgan fingerprint density at radius 3 is 2.16 bits per heavy atom. The van der Waals surface area contributed by atoms with E-state index in [9.17, 15) is 49.4 Å². The Kier molecular flexibility index (Phi) is 17.7. The number of carboxylic acids is 2. The maximum absolute atomic E-state index is 15.7. The highest BCUT2D eigenvalue weighted by atomic mass is 127. The van der Waals surface area contributed by atoms with Crippen LogP contribution in [0.2, 0.25) is 0 Å². The van der Waals surface area contributed by atoms with Gasteiger partial charge in [-0.2, -0.15) is 13.0 Å². The van der Waals surface area contributed by atoms with Crippen LogP contribution < -0.4 is 4.90 Å². The normalized spacial score (nSPS) is 20.5. The number of nitrogens with zero attached hydrogens (tertiary/aromatic N) is 2. The van der Waals surface area contributed by atoms with E-state index in [1.165, 1.54) is 9.48 Å². The molecule has 334 valence electrons. The van der Waals surface area contributed by atoms with Crippen LogP contribution in [0.3, 0.4) is 0 Å². The third kappa shape index (κ3) is 11.9. The molecule has 3 N–H and O–H groups in total. The van der Waals surface area contributed by atoms with Crippen molar-refractivity contribution in [1.29, 1.82) is 0 Å². The van der Waals surface area contributed by atoms with Crippen molar-refractivity contribution in [2.24, 2.45) is 5.92 Å². The standard InChI is InChI=1S/C41H46F3I3N2O10S2/c1-4-5-15-25(39(52)53)41(3)31(49(24-61(57,58)59)29-23-27(45)37(46)38(47)34(29)41)17-11-8-6-7-10-16-30-40(2,19-13-9-12-18-32(50)51)33-28(22-26(42)35(43)36(33)44)48(30)20-14-21-60(54,55)56/h6-8,10-11,16-17,22-23,25H,4-5,9,12-15,18-21,24H2,1-3H3,(H3-,50,51,52,53,54,55,56,57,58,59). The summed E-state index contributed by atoms with van der Waals surface area (Å²) < 4.78 is 118. The number of anilines is 1. The van der Waals surface area contributed by atoms with E-state index >= 15 is 4.39 Å². The summed E-state index contributed by atoms with van der Waals surface area (Å²) in [5, 5.41) is 19.7. The van der Waals surface area contributed by atoms with Gasteiger partial charge in [0.05, 0.1) is 27.0 Å². The molecule has 2 aliphatic rings. The molecule has 0 bridgehead atoms. The van der Waals surface area contributed by atoms with Gasteiger partial charge in [0.1, 0.15) is 6.54 Å². The van der Waals surface area contributed by atoms with E-state index in [0.717, 1.165) is 23.2 Å². The summed E-state index contributed by atoms with van der Waals surface area (Å²) in [4.78, 5) is 25.5. The monoisotopic (exact) mass is 1230 g/mol. The molecule has 0 aliphatic carbocycles. The van der Waals surface area contributed by atoms with Crippen molar-refractivity contribution in [2.75, 3.05) is 23.1 Å². The van der Waals surface area contributed by atoms with Gasteiger partial charge in [-0.1, -0.05) is 63.0 Å². The molecule has 20 heteroatoms. The number of fused-ring (bicyclic) bond motifs is 2. The predicted molar refractivity (Wildman–Crippen MR) is 250 cm³/mol. The van der Waals surface area contributed by atoms with Gasteiger partial charge in [0.15, 0.2) is 29.0 Å². The van der Waals surface area contributed by atoms with Crippen LogP contribution in [0.1, 0.15) is 89.7 Å². The van der Waals surface area contributed by atoms with Crippen molar-refractivity contribution < 1.29 is 63.5 Å². The molecule has 12 nitrogen and oxygen atoms in total. The molecule has 3 unspecified atom stereocenters. The van der Waals surface area contributed by atoms with Gasteiger partial charge in [0.25, 0.3) is 10.1 Å². The molecule has 0 fully saturated rings. The van der Waals surface area contributed by atoms with Crippen molar-refractivity contribution >= 4 is 117 Å². The van der Waals surface area contributed by atoms with Crippen LogP contribution >= 0.6 is 67.8 Å². The van der Waals surface area contributed by atoms with Gasteiger partial charge >= 0.3 is 11.9 Å². The van der Waals surface area contributed by atoms with Gasteiger partial charge in [0.2, 0.25) is 5.69 Å². The lowest BCUT2D eigenvalue weighted by molar-refractivity contribution is -0.437. The van der Waals surface area contributed by atoms with Crippen molar-refractivity contribution in [2.45, 2.75) is 89.4 Å². The molecule has 2 aliphatic heterocycles. The second-order valence-electron chi connectivity index (χ2n) is 15.3. The SMILES string of the molecule is CCCCC(C(=O)O)C1(C)/C(=C/C=C/C=C/C=C/C2=[N+](CCCS(=O)(=O)[O-])c3cc(F)c(F)c(F)c3C2(C)CCCCCC(=O)O)N(CS(=O)(=O)O)c2cc(I)c(I)c(I)c21. The van der Waals surface area contributed by atoms with Crippen LogP contribution in [0.4, 0.5) is 24.5 Å². The molecule has 0 saturated heterocycles. The fourth-order valence-electron chi connectivity index (χ4n) is 8.27. The minimum atomic E-state index is -4.64. The van der Waals surface area contributed by atoms with Gasteiger partial charge in [-0.05, 0) is 113 Å². The molecule has 2 aromatic carbocycles. The summed E-state index contributed by atoms with van der Waals surface area (Å²) in [5.74, 6) is -9.16. The van der Waals surface area contributed by atoms with E-state index in [4.69, 9.17) is 5.11 Å². The number of rotatable bonds is 21. The van der Waals surface area contributed by atoms with Crippen molar-refractivity contribution in [1.82, 2.24) is 0 Å². The first-order valence-corrected chi connectivity index (χ1v) is 25.7. The first-order chi connectivity index (χ1) is 28.4. The molecule has 2 heterocycles. The van der Waals surface area contributed by atoms with Crippen LogP contribution in [-0.4, -0.2) is 76.6 Å². The van der Waals surface area contributed by atoms with Crippen molar-refractivity contribution in [3.8, 4) is 0 Å². The quantitative estimate of drug-likeness (QED) is 0.0270. The number of carboxylic acid groups (broad SMARTS) is 2. The second kappa shape index (κ2) is 21.1. The lowest BCUT2D eigenvalue weighted by Crippen LogP contribution is -2.41. The van der Waals surface area contributed by atoms with Crippen LogP contribution in [0, 0.1) is 34.1 Å². The Bertz CT molecular complexity index is 2440. The van der Waals surface area contributed by atoms with E-state index in [2.05, 4.69) is 67.8 Å². The van der Waals surface area contributed by atoms with Gasteiger partial charge in [-0.3, -0.25) is 14.1 Å². The molecule has 0 amide bonds. The number of unbranched alkanes of at least 4 members (excludes halogenated alkanes) is 3. The van der Waals surface area contributed by atoms with E-state index in [0.29, 0.717) is 54.8 Å². The Morgan fingerprint density at radius 1 is 0.902 bits per heavy atom. The molecular formula is C41H46F3I3N2O10S2. The smallest absolute Gasteiger partial charge is 0.307 e. The fraction of sp³-hybridized carbons (Fsp3) is 0.439. The number of allylic oxidation sites excluding steroid dienone is 8. The third-order valence-corrected chi connectivity index (χ3v) is 17.5. The van der Waals surface area contributed by atoms with Crippen LogP contribution in [0.25, 0.3) is 0 Å². The average molecular weight is 1230 g/mol. The van der Waals surface area contributed by atoms with Crippen LogP contribution in [0.5, 0.6) is 0 Å². The minimum Gasteiger partial charge on any atom is -0.748 e. The highest BCUT2D eigenvalue weighted by molar-refractivity contribution is 14.1. The predicted octanol–water partition coefficient (Wildman–Crippen LogP) is 9.31. The number of halogens is 6. The Balaban J connectivity index is 1.80.